The molecule has 4 aliphatic heterocycles. The van der Waals surface area contributed by atoms with Gasteiger partial charge in [-0.3, -0.25) is 9.69 Å². The van der Waals surface area contributed by atoms with Gasteiger partial charge in [0.25, 0.3) is 5.91 Å². The van der Waals surface area contributed by atoms with Gasteiger partial charge in [-0.25, -0.2) is 0 Å². The molecule has 4 aliphatic rings. The highest BCUT2D eigenvalue weighted by Crippen LogP contribution is 2.47. The van der Waals surface area contributed by atoms with Crippen LogP contribution in [0.3, 0.4) is 0 Å². The van der Waals surface area contributed by atoms with E-state index in [2.05, 4.69) is 15.9 Å². The molecule has 0 unspecified atom stereocenters. The van der Waals surface area contributed by atoms with Crippen molar-refractivity contribution in [3.63, 3.8) is 0 Å². The van der Waals surface area contributed by atoms with Crippen LogP contribution in [0.5, 0.6) is 5.75 Å². The molecule has 5 heteroatoms. The highest BCUT2D eigenvalue weighted by atomic mass is 16.3. The summed E-state index contributed by atoms with van der Waals surface area (Å²) in [6.45, 7) is 4.84. The van der Waals surface area contributed by atoms with Gasteiger partial charge in [0, 0.05) is 24.1 Å². The van der Waals surface area contributed by atoms with E-state index < -0.39 is 0 Å². The molecule has 5 heterocycles. The first-order valence-corrected chi connectivity index (χ1v) is 9.51. The second-order valence-electron chi connectivity index (χ2n) is 7.95. The minimum Gasteiger partial charge on any atom is -0.508 e. The lowest BCUT2D eigenvalue weighted by Gasteiger charge is -2.51. The molecule has 136 valence electrons. The summed E-state index contributed by atoms with van der Waals surface area (Å²) in [6, 6.07) is 9.97. The minimum absolute atomic E-state index is 0.0129. The van der Waals surface area contributed by atoms with Crippen LogP contribution in [0.15, 0.2) is 41.0 Å². The van der Waals surface area contributed by atoms with Crippen LogP contribution >= 0.6 is 0 Å². The minimum atomic E-state index is 0.0129. The summed E-state index contributed by atoms with van der Waals surface area (Å²) in [4.78, 5) is 17.9. The smallest absolute Gasteiger partial charge is 0.290 e. The molecule has 0 aliphatic carbocycles. The number of carbonyl (C=O) groups is 1. The van der Waals surface area contributed by atoms with Gasteiger partial charge in [-0.1, -0.05) is 12.1 Å². The lowest BCUT2D eigenvalue weighted by molar-refractivity contribution is -0.00432. The van der Waals surface area contributed by atoms with Crippen LogP contribution < -0.4 is 0 Å². The van der Waals surface area contributed by atoms with Crippen molar-refractivity contribution in [1.29, 1.82) is 0 Å². The van der Waals surface area contributed by atoms with Crippen LogP contribution in [-0.4, -0.2) is 52.5 Å². The van der Waals surface area contributed by atoms with E-state index in [1.807, 2.05) is 25.1 Å². The number of piperidine rings is 3. The third-order valence-corrected chi connectivity index (χ3v) is 6.61. The van der Waals surface area contributed by atoms with Crippen LogP contribution in [0, 0.1) is 12.8 Å². The molecule has 1 aromatic heterocycles. The highest BCUT2D eigenvalue weighted by molar-refractivity contribution is 5.93. The van der Waals surface area contributed by atoms with E-state index in [9.17, 15) is 9.90 Å². The lowest BCUT2D eigenvalue weighted by Crippen LogP contribution is -2.60. The molecule has 6 rings (SSSR count). The topological polar surface area (TPSA) is 56.9 Å². The van der Waals surface area contributed by atoms with E-state index in [1.54, 1.807) is 12.3 Å². The number of aryl methyl sites for hydroxylation is 1. The summed E-state index contributed by atoms with van der Waals surface area (Å²) in [7, 11) is 0. The molecule has 0 radical (unpaired) electrons. The zero-order valence-electron chi connectivity index (χ0n) is 15.0. The Kier molecular flexibility index (Phi) is 3.60. The number of nitrogens with zero attached hydrogens (tertiary/aromatic N) is 2. The molecular formula is C21H24N2O3. The van der Waals surface area contributed by atoms with E-state index >= 15 is 0 Å². The molecule has 26 heavy (non-hydrogen) atoms. The van der Waals surface area contributed by atoms with E-state index in [4.69, 9.17) is 4.42 Å². The molecular weight excluding hydrogens is 328 g/mol. The Balaban J connectivity index is 1.55. The first kappa shape index (κ1) is 15.9. The van der Waals surface area contributed by atoms with Crippen molar-refractivity contribution in [1.82, 2.24) is 9.80 Å². The maximum atomic E-state index is 13.3. The van der Waals surface area contributed by atoms with Gasteiger partial charge < -0.3 is 14.4 Å². The number of hydrogen-bond acceptors (Lipinski definition) is 4. The summed E-state index contributed by atoms with van der Waals surface area (Å²) in [5.74, 6) is 1.57. The molecule has 4 fully saturated rings. The number of likely N-dealkylation sites (tertiary alicyclic amines) is 1. The molecule has 0 saturated carbocycles. The van der Waals surface area contributed by atoms with Gasteiger partial charge in [0.2, 0.25) is 0 Å². The van der Waals surface area contributed by atoms with Crippen molar-refractivity contribution in [3.8, 4) is 5.75 Å². The Morgan fingerprint density at radius 2 is 2.00 bits per heavy atom. The number of carbonyl (C=O) groups excluding carboxylic acids is 1. The lowest BCUT2D eigenvalue weighted by atomic mass is 9.75. The number of hydrogen-bond donors (Lipinski definition) is 1. The monoisotopic (exact) mass is 352 g/mol. The van der Waals surface area contributed by atoms with E-state index in [1.165, 1.54) is 0 Å². The Hall–Kier alpha value is -2.27. The molecule has 5 nitrogen and oxygen atoms in total. The van der Waals surface area contributed by atoms with Gasteiger partial charge in [-0.05, 0) is 62.5 Å². The maximum Gasteiger partial charge on any atom is 0.290 e. The number of fused-ring (bicyclic) bond motifs is 2. The fourth-order valence-electron chi connectivity index (χ4n) is 5.43. The average molecular weight is 352 g/mol. The number of aromatic hydroxyl groups is 1. The fourth-order valence-corrected chi connectivity index (χ4v) is 5.43. The van der Waals surface area contributed by atoms with Crippen LogP contribution in [0.4, 0.5) is 0 Å². The van der Waals surface area contributed by atoms with Gasteiger partial charge in [-0.2, -0.15) is 0 Å². The van der Waals surface area contributed by atoms with Crippen LogP contribution in [0.25, 0.3) is 0 Å². The normalized spacial score (nSPS) is 32.7. The van der Waals surface area contributed by atoms with Gasteiger partial charge in [0.15, 0.2) is 5.76 Å². The highest BCUT2D eigenvalue weighted by Gasteiger charge is 2.55. The molecule has 2 bridgehead atoms. The number of benzene rings is 1. The van der Waals surface area contributed by atoms with Crippen molar-refractivity contribution in [2.24, 2.45) is 5.92 Å². The van der Waals surface area contributed by atoms with E-state index in [0.717, 1.165) is 37.1 Å². The summed E-state index contributed by atoms with van der Waals surface area (Å²) >= 11 is 0. The zero-order valence-corrected chi connectivity index (χ0v) is 15.0. The summed E-state index contributed by atoms with van der Waals surface area (Å²) in [5, 5.41) is 9.95. The second kappa shape index (κ2) is 5.88. The number of phenolic OH excluding ortho intramolecular Hbond substituents is 1. The Morgan fingerprint density at radius 1 is 1.19 bits per heavy atom. The Morgan fingerprint density at radius 3 is 2.69 bits per heavy atom. The standard InChI is InChI=1S/C21H24N2O3/c1-13-7-10-26-20(13)21(25)23-12-17(15-3-2-4-16(24)11-15)19-18(23)14-5-8-22(19)9-6-14/h2-4,7,10-11,14,17-19,24H,5-6,8-9,12H2,1H3/t17-,18+,19+/m1/s1. The quantitative estimate of drug-likeness (QED) is 0.903. The van der Waals surface area contributed by atoms with Crippen molar-refractivity contribution in [2.45, 2.75) is 37.8 Å². The molecule has 1 N–H and O–H groups in total. The number of furan rings is 1. The SMILES string of the molecule is Cc1ccoc1C(=O)N1C[C@H](c2cccc(O)c2)[C@H]2[C@@H]1C1CCN2CC1. The number of amides is 1. The molecule has 4 saturated heterocycles. The number of phenols is 1. The first-order chi connectivity index (χ1) is 12.6. The predicted molar refractivity (Wildman–Crippen MR) is 97.2 cm³/mol. The molecule has 1 amide bonds. The average Bonchev–Trinajstić information content (AvgIpc) is 3.27. The fraction of sp³-hybridized carbons (Fsp3) is 0.476. The third-order valence-electron chi connectivity index (χ3n) is 6.61. The van der Waals surface area contributed by atoms with Gasteiger partial charge in [0.1, 0.15) is 5.75 Å². The van der Waals surface area contributed by atoms with Crippen LogP contribution in [0.1, 0.15) is 40.4 Å². The summed E-state index contributed by atoms with van der Waals surface area (Å²) < 4.78 is 5.51. The van der Waals surface area contributed by atoms with Gasteiger partial charge in [0.05, 0.1) is 12.3 Å². The summed E-state index contributed by atoms with van der Waals surface area (Å²) in [5.41, 5.74) is 2.02. The van der Waals surface area contributed by atoms with Crippen LogP contribution in [-0.2, 0) is 0 Å². The zero-order chi connectivity index (χ0) is 17.8. The van der Waals surface area contributed by atoms with Gasteiger partial charge in [-0.15, -0.1) is 0 Å². The number of rotatable bonds is 2. The largest absolute Gasteiger partial charge is 0.508 e. The Bertz CT molecular complexity index is 837. The third kappa shape index (κ3) is 2.30. The Labute approximate surface area is 153 Å². The predicted octanol–water partition coefficient (Wildman–Crippen LogP) is 3.00. The molecule has 3 atom stereocenters. The molecule has 2 aromatic rings. The van der Waals surface area contributed by atoms with Crippen molar-refractivity contribution in [2.75, 3.05) is 19.6 Å². The van der Waals surface area contributed by atoms with Crippen molar-refractivity contribution >= 4 is 5.91 Å². The van der Waals surface area contributed by atoms with E-state index in [0.29, 0.717) is 30.0 Å². The molecule has 1 aromatic carbocycles. The maximum absolute atomic E-state index is 13.3. The van der Waals surface area contributed by atoms with Gasteiger partial charge >= 0.3 is 0 Å². The second-order valence-corrected chi connectivity index (χ2v) is 7.95. The van der Waals surface area contributed by atoms with Crippen molar-refractivity contribution < 1.29 is 14.3 Å². The summed E-state index contributed by atoms with van der Waals surface area (Å²) in [6.07, 6.45) is 3.92. The first-order valence-electron chi connectivity index (χ1n) is 9.51. The van der Waals surface area contributed by atoms with Crippen molar-refractivity contribution in [3.05, 3.63) is 53.5 Å². The van der Waals surface area contributed by atoms with E-state index in [-0.39, 0.29) is 17.9 Å². The van der Waals surface area contributed by atoms with Crippen LogP contribution in [0.2, 0.25) is 0 Å². The molecule has 0 spiro atoms.